The summed E-state index contributed by atoms with van der Waals surface area (Å²) in [6, 6.07) is 8.33. The van der Waals surface area contributed by atoms with Crippen molar-refractivity contribution in [2.24, 2.45) is 0 Å². The number of benzene rings is 1. The highest BCUT2D eigenvalue weighted by atomic mass is 16.5. The van der Waals surface area contributed by atoms with Crippen molar-refractivity contribution in [1.29, 1.82) is 0 Å². The van der Waals surface area contributed by atoms with Crippen molar-refractivity contribution in [3.63, 3.8) is 0 Å². The van der Waals surface area contributed by atoms with E-state index in [1.807, 2.05) is 0 Å². The highest BCUT2D eigenvalue weighted by molar-refractivity contribution is 6.09. The molecule has 0 aliphatic heterocycles. The largest absolute Gasteiger partial charge is 0.497 e. The Kier molecular flexibility index (Phi) is 4.88. The predicted octanol–water partition coefficient (Wildman–Crippen LogP) is 2.92. The number of hydrogen-bond donors (Lipinski definition) is 0. The lowest BCUT2D eigenvalue weighted by atomic mass is 10.1. The van der Waals surface area contributed by atoms with Gasteiger partial charge in [-0.05, 0) is 31.2 Å². The second-order valence-corrected chi connectivity index (χ2v) is 5.38. The summed E-state index contributed by atoms with van der Waals surface area (Å²) >= 11 is 0. The molecule has 2 heterocycles. The molecule has 7 heteroatoms. The number of methoxy groups -OCH3 is 2. The summed E-state index contributed by atoms with van der Waals surface area (Å²) in [7, 11) is 3.01. The number of nitrogens with zero attached hydrogens (tertiary/aromatic N) is 2. The number of carbonyl (C=O) groups excluding carboxylic acids is 2. The molecule has 0 bridgehead atoms. The van der Waals surface area contributed by atoms with Gasteiger partial charge >= 0.3 is 5.97 Å². The maximum atomic E-state index is 13.1. The molecule has 134 valence electrons. The summed E-state index contributed by atoms with van der Waals surface area (Å²) in [6.45, 7) is 1.97. The van der Waals surface area contributed by atoms with Crippen LogP contribution >= 0.6 is 0 Å². The van der Waals surface area contributed by atoms with Gasteiger partial charge in [-0.2, -0.15) is 0 Å². The lowest BCUT2D eigenvalue weighted by Gasteiger charge is -2.10. The molecule has 26 heavy (non-hydrogen) atoms. The molecule has 7 nitrogen and oxygen atoms in total. The molecule has 2 aromatic heterocycles. The first-order valence-electron chi connectivity index (χ1n) is 8.00. The van der Waals surface area contributed by atoms with E-state index in [9.17, 15) is 9.59 Å². The fourth-order valence-corrected chi connectivity index (χ4v) is 2.69. The van der Waals surface area contributed by atoms with Crippen LogP contribution in [0.3, 0.4) is 0 Å². The van der Waals surface area contributed by atoms with E-state index >= 15 is 0 Å². The Balaban J connectivity index is 2.14. The molecule has 0 fully saturated rings. The number of esters is 1. The zero-order valence-electron chi connectivity index (χ0n) is 14.7. The van der Waals surface area contributed by atoms with Crippen LogP contribution < -0.4 is 9.47 Å². The first-order valence-corrected chi connectivity index (χ1v) is 8.00. The summed E-state index contributed by atoms with van der Waals surface area (Å²) in [5, 5.41) is 0.548. The third-order valence-electron chi connectivity index (χ3n) is 3.92. The Bertz CT molecular complexity index is 977. The van der Waals surface area contributed by atoms with Crippen LogP contribution in [0.25, 0.3) is 11.0 Å². The highest BCUT2D eigenvalue weighted by Gasteiger charge is 2.22. The van der Waals surface area contributed by atoms with E-state index in [1.165, 1.54) is 25.0 Å². The van der Waals surface area contributed by atoms with E-state index < -0.39 is 5.97 Å². The van der Waals surface area contributed by atoms with E-state index in [2.05, 4.69) is 4.98 Å². The second kappa shape index (κ2) is 7.26. The Labute approximate surface area is 150 Å². The molecule has 0 saturated heterocycles. The number of fused-ring (bicyclic) bond motifs is 1. The molecule has 0 N–H and O–H groups in total. The zero-order chi connectivity index (χ0) is 18.7. The van der Waals surface area contributed by atoms with Crippen LogP contribution in [-0.2, 0) is 4.74 Å². The first kappa shape index (κ1) is 17.5. The van der Waals surface area contributed by atoms with Crippen molar-refractivity contribution >= 4 is 22.9 Å². The van der Waals surface area contributed by atoms with Gasteiger partial charge in [-0.3, -0.25) is 9.36 Å². The molecule has 1 aromatic carbocycles. The number of ether oxygens (including phenoxy) is 3. The van der Waals surface area contributed by atoms with E-state index in [0.29, 0.717) is 28.1 Å². The molecule has 0 aliphatic rings. The third kappa shape index (κ3) is 2.99. The van der Waals surface area contributed by atoms with Gasteiger partial charge in [0, 0.05) is 23.8 Å². The topological polar surface area (TPSA) is 79.7 Å². The average molecular weight is 354 g/mol. The van der Waals surface area contributed by atoms with Gasteiger partial charge in [-0.1, -0.05) is 0 Å². The third-order valence-corrected chi connectivity index (χ3v) is 3.92. The lowest BCUT2D eigenvalue weighted by Crippen LogP contribution is -2.13. The van der Waals surface area contributed by atoms with Crippen LogP contribution in [0.2, 0.25) is 0 Å². The summed E-state index contributed by atoms with van der Waals surface area (Å²) in [5.74, 6) is 0.0633. The molecule has 0 saturated carbocycles. The van der Waals surface area contributed by atoms with Gasteiger partial charge in [-0.25, -0.2) is 9.78 Å². The SMILES string of the molecule is CCOC(=O)c1cn(C(=O)c2ccc(OC)cc2OC)c2ncccc12. The first-order chi connectivity index (χ1) is 12.6. The average Bonchev–Trinajstić information content (AvgIpc) is 3.07. The molecular formula is C19H18N2O5. The molecule has 0 spiro atoms. The fourth-order valence-electron chi connectivity index (χ4n) is 2.69. The predicted molar refractivity (Wildman–Crippen MR) is 95.0 cm³/mol. The van der Waals surface area contributed by atoms with E-state index in [1.54, 1.807) is 43.5 Å². The molecule has 3 rings (SSSR count). The Hall–Kier alpha value is -3.35. The lowest BCUT2D eigenvalue weighted by molar-refractivity contribution is 0.0528. The number of carbonyl (C=O) groups is 2. The normalized spacial score (nSPS) is 10.6. The van der Waals surface area contributed by atoms with Crippen LogP contribution in [0, 0.1) is 0 Å². The van der Waals surface area contributed by atoms with Crippen molar-refractivity contribution in [3.8, 4) is 11.5 Å². The van der Waals surface area contributed by atoms with E-state index in [-0.39, 0.29) is 18.1 Å². The number of aromatic nitrogens is 2. The minimum atomic E-state index is -0.501. The highest BCUT2D eigenvalue weighted by Crippen LogP contribution is 2.28. The standard InChI is InChI=1S/C19H18N2O5/c1-4-26-19(23)15-11-21(17-13(15)6-5-9-20-17)18(22)14-8-7-12(24-2)10-16(14)25-3/h5-11H,4H2,1-3H3. The summed E-state index contributed by atoms with van der Waals surface area (Å²) < 4.78 is 16.9. The van der Waals surface area contributed by atoms with Crippen molar-refractivity contribution in [3.05, 3.63) is 53.9 Å². The van der Waals surface area contributed by atoms with Crippen LogP contribution in [-0.4, -0.2) is 42.3 Å². The number of rotatable bonds is 5. The number of pyridine rings is 1. The smallest absolute Gasteiger partial charge is 0.340 e. The molecule has 0 radical (unpaired) electrons. The Morgan fingerprint density at radius 3 is 2.62 bits per heavy atom. The van der Waals surface area contributed by atoms with Crippen LogP contribution in [0.1, 0.15) is 27.6 Å². The van der Waals surface area contributed by atoms with Gasteiger partial charge < -0.3 is 14.2 Å². The van der Waals surface area contributed by atoms with Gasteiger partial charge in [0.1, 0.15) is 17.1 Å². The van der Waals surface area contributed by atoms with Gasteiger partial charge in [-0.15, -0.1) is 0 Å². The van der Waals surface area contributed by atoms with Crippen molar-refractivity contribution < 1.29 is 23.8 Å². The van der Waals surface area contributed by atoms with Crippen molar-refractivity contribution in [2.75, 3.05) is 20.8 Å². The molecular weight excluding hydrogens is 336 g/mol. The molecule has 0 amide bonds. The van der Waals surface area contributed by atoms with E-state index in [4.69, 9.17) is 14.2 Å². The quantitative estimate of drug-likeness (QED) is 0.656. The molecule has 0 atom stereocenters. The van der Waals surface area contributed by atoms with Crippen LogP contribution in [0.5, 0.6) is 11.5 Å². The minimum absolute atomic E-state index is 0.242. The van der Waals surface area contributed by atoms with Crippen LogP contribution in [0.4, 0.5) is 0 Å². The van der Waals surface area contributed by atoms with Gasteiger partial charge in [0.25, 0.3) is 5.91 Å². The second-order valence-electron chi connectivity index (χ2n) is 5.38. The van der Waals surface area contributed by atoms with Crippen molar-refractivity contribution in [1.82, 2.24) is 9.55 Å². The maximum Gasteiger partial charge on any atom is 0.340 e. The maximum absolute atomic E-state index is 13.1. The zero-order valence-corrected chi connectivity index (χ0v) is 14.7. The van der Waals surface area contributed by atoms with Crippen molar-refractivity contribution in [2.45, 2.75) is 6.92 Å². The summed E-state index contributed by atoms with van der Waals surface area (Å²) in [6.07, 6.45) is 3.01. The monoisotopic (exact) mass is 354 g/mol. The minimum Gasteiger partial charge on any atom is -0.497 e. The molecule has 3 aromatic rings. The number of hydrogen-bond acceptors (Lipinski definition) is 6. The van der Waals surface area contributed by atoms with Gasteiger partial charge in [0.15, 0.2) is 0 Å². The van der Waals surface area contributed by atoms with Gasteiger partial charge in [0.05, 0.1) is 32.0 Å². The molecule has 0 unspecified atom stereocenters. The summed E-state index contributed by atoms with van der Waals surface area (Å²) in [4.78, 5) is 29.6. The van der Waals surface area contributed by atoms with E-state index in [0.717, 1.165) is 0 Å². The van der Waals surface area contributed by atoms with Gasteiger partial charge in [0.2, 0.25) is 0 Å². The Morgan fingerprint density at radius 2 is 1.92 bits per heavy atom. The summed E-state index contributed by atoms with van der Waals surface area (Å²) in [5.41, 5.74) is 0.987. The molecule has 0 aliphatic carbocycles. The fraction of sp³-hybridized carbons (Fsp3) is 0.211. The Morgan fingerprint density at radius 1 is 1.12 bits per heavy atom. The van der Waals surface area contributed by atoms with Crippen LogP contribution in [0.15, 0.2) is 42.7 Å².